The van der Waals surface area contributed by atoms with Crippen molar-refractivity contribution in [2.75, 3.05) is 24.7 Å². The second-order valence-corrected chi connectivity index (χ2v) is 23.0. The molecule has 0 saturated heterocycles. The van der Waals surface area contributed by atoms with Crippen molar-refractivity contribution in [3.8, 4) is 16.9 Å². The molecular formula is C44H51Cl2N5O5Si. The average molecular weight is 829 g/mol. The molecule has 0 spiro atoms. The van der Waals surface area contributed by atoms with E-state index in [2.05, 4.69) is 31.1 Å². The van der Waals surface area contributed by atoms with E-state index in [1.165, 1.54) is 0 Å². The Morgan fingerprint density at radius 2 is 1.70 bits per heavy atom. The van der Waals surface area contributed by atoms with E-state index in [9.17, 15) is 9.90 Å². The van der Waals surface area contributed by atoms with Gasteiger partial charge in [0, 0.05) is 78.8 Å². The number of aryl methyl sites for hydroxylation is 5. The molecule has 0 radical (unpaired) electrons. The summed E-state index contributed by atoms with van der Waals surface area (Å²) in [6.45, 7) is 18.6. The number of aromatic carboxylic acids is 1. The second-order valence-electron chi connectivity index (χ2n) is 16.6. The topological polar surface area (TPSA) is 104 Å². The van der Waals surface area contributed by atoms with Crippen LogP contribution in [0.15, 0.2) is 48.7 Å². The predicted molar refractivity (Wildman–Crippen MR) is 233 cm³/mol. The Morgan fingerprint density at radius 1 is 0.982 bits per heavy atom. The number of carbonyl (C=O) groups is 2. The van der Waals surface area contributed by atoms with Crippen LogP contribution < -0.4 is 9.64 Å². The number of nitrogens with zero attached hydrogens (tertiary/aromatic N) is 5. The van der Waals surface area contributed by atoms with Crippen LogP contribution in [0.3, 0.4) is 0 Å². The number of rotatable bonds is 13. The molecule has 1 N–H and O–H groups in total. The molecular weight excluding hydrogens is 778 g/mol. The number of carbonyl (C=O) groups excluding carboxylic acids is 1. The maximum Gasteiger partial charge on any atom is 0.336 e. The van der Waals surface area contributed by atoms with E-state index >= 15 is 4.79 Å². The molecule has 4 heterocycles. The molecule has 0 fully saturated rings. The Bertz CT molecular complexity index is 2540. The summed E-state index contributed by atoms with van der Waals surface area (Å²) in [5.74, 6) is -0.508. The monoisotopic (exact) mass is 827 g/mol. The van der Waals surface area contributed by atoms with Crippen molar-refractivity contribution >= 4 is 70.6 Å². The van der Waals surface area contributed by atoms with Crippen molar-refractivity contribution < 1.29 is 24.2 Å². The molecule has 0 saturated carbocycles. The predicted octanol–water partition coefficient (Wildman–Crippen LogP) is 10.8. The molecule has 1 atom stereocenters. The van der Waals surface area contributed by atoms with Crippen LogP contribution in [0.4, 0.5) is 5.69 Å². The zero-order valence-electron chi connectivity index (χ0n) is 34.2. The van der Waals surface area contributed by atoms with E-state index < -0.39 is 14.0 Å². The quantitative estimate of drug-likeness (QED) is 0.0918. The van der Waals surface area contributed by atoms with Crippen molar-refractivity contribution in [1.82, 2.24) is 18.9 Å². The summed E-state index contributed by atoms with van der Waals surface area (Å²) >= 11 is 13.5. The highest BCUT2D eigenvalue weighted by molar-refractivity contribution is 6.76. The molecule has 300 valence electrons. The summed E-state index contributed by atoms with van der Waals surface area (Å²) in [5, 5.41) is 18.0. The number of hydrogen-bond acceptors (Lipinski definition) is 5. The summed E-state index contributed by atoms with van der Waals surface area (Å²) in [6.07, 6.45) is 3.05. The summed E-state index contributed by atoms with van der Waals surface area (Å²) in [6, 6.07) is 14.0. The lowest BCUT2D eigenvalue weighted by molar-refractivity contribution is 0.0698. The van der Waals surface area contributed by atoms with E-state index in [1.54, 1.807) is 11.0 Å². The first-order valence-corrected chi connectivity index (χ1v) is 23.9. The number of hydrogen-bond donors (Lipinski definition) is 1. The van der Waals surface area contributed by atoms with Crippen molar-refractivity contribution in [1.29, 1.82) is 0 Å². The molecule has 6 aromatic rings. The molecule has 1 amide bonds. The van der Waals surface area contributed by atoms with Crippen molar-refractivity contribution in [3.05, 3.63) is 98.0 Å². The van der Waals surface area contributed by atoms with Gasteiger partial charge in [0.1, 0.15) is 18.2 Å². The van der Waals surface area contributed by atoms with Gasteiger partial charge in [0.25, 0.3) is 5.91 Å². The highest BCUT2D eigenvalue weighted by atomic mass is 35.5. The number of ether oxygens (including phenoxy) is 2. The molecule has 7 rings (SSSR count). The lowest BCUT2D eigenvalue weighted by atomic mass is 9.98. The number of amides is 1. The standard InChI is InChI=1S/C44H51Cl2N5O5Si/c1-25-19-31(20-26(2)40(25)46)56-16-10-11-33-34-12-13-36(45)39(38-28(4)47-48(6)29(38)5)41(34)51-27(3)23-50(43(52)42(33)51)30-21-35(44(53)54)32-14-15-49(37(32)22-30)24-55-17-18-57(7,8)9/h12-15,19-22,27H,10-11,16-18,23-24H2,1-9H3,(H,53,54)/t27-/m1/s1. The Balaban J connectivity index is 1.33. The fourth-order valence-corrected chi connectivity index (χ4v) is 9.33. The number of halogens is 2. The maximum atomic E-state index is 15.2. The Morgan fingerprint density at radius 3 is 2.35 bits per heavy atom. The number of carboxylic acids is 1. The lowest BCUT2D eigenvalue weighted by Gasteiger charge is -2.34. The zero-order valence-corrected chi connectivity index (χ0v) is 36.7. The van der Waals surface area contributed by atoms with Crippen LogP contribution in [0.25, 0.3) is 32.9 Å². The van der Waals surface area contributed by atoms with Crippen LogP contribution in [-0.2, 0) is 24.9 Å². The first-order chi connectivity index (χ1) is 27.0. The summed E-state index contributed by atoms with van der Waals surface area (Å²) in [4.78, 5) is 29.6. The third-order valence-corrected chi connectivity index (χ3v) is 13.8. The fourth-order valence-electron chi connectivity index (χ4n) is 8.22. The largest absolute Gasteiger partial charge is 0.494 e. The van der Waals surface area contributed by atoms with Gasteiger partial charge in [-0.25, -0.2) is 4.79 Å². The molecule has 3 aromatic carbocycles. The molecule has 13 heteroatoms. The zero-order chi connectivity index (χ0) is 41.1. The van der Waals surface area contributed by atoms with Gasteiger partial charge in [-0.05, 0) is 107 Å². The highest BCUT2D eigenvalue weighted by Crippen LogP contribution is 2.45. The van der Waals surface area contributed by atoms with Gasteiger partial charge in [0.2, 0.25) is 0 Å². The van der Waals surface area contributed by atoms with Gasteiger partial charge in [-0.1, -0.05) is 48.9 Å². The summed E-state index contributed by atoms with van der Waals surface area (Å²) in [5.41, 5.74) is 9.24. The van der Waals surface area contributed by atoms with Gasteiger partial charge in [-0.15, -0.1) is 0 Å². The van der Waals surface area contributed by atoms with Gasteiger partial charge >= 0.3 is 5.97 Å². The fraction of sp³-hybridized carbons (Fsp3) is 0.386. The molecule has 1 aliphatic heterocycles. The average Bonchev–Trinajstić information content (AvgIpc) is 3.79. The van der Waals surface area contributed by atoms with Gasteiger partial charge in [0.15, 0.2) is 0 Å². The van der Waals surface area contributed by atoms with Gasteiger partial charge in [-0.2, -0.15) is 5.10 Å². The molecule has 0 aliphatic carbocycles. The van der Waals surface area contributed by atoms with Crippen LogP contribution in [0, 0.1) is 27.7 Å². The van der Waals surface area contributed by atoms with E-state index in [0.29, 0.717) is 59.9 Å². The van der Waals surface area contributed by atoms with E-state index in [-0.39, 0.29) is 24.2 Å². The van der Waals surface area contributed by atoms with E-state index in [4.69, 9.17) is 37.8 Å². The van der Waals surface area contributed by atoms with E-state index in [1.807, 2.05) is 86.6 Å². The minimum Gasteiger partial charge on any atom is -0.494 e. The van der Waals surface area contributed by atoms with Crippen LogP contribution in [-0.4, -0.2) is 63.7 Å². The van der Waals surface area contributed by atoms with Crippen molar-refractivity contribution in [3.63, 3.8) is 0 Å². The first kappa shape index (κ1) is 40.6. The number of aromatic nitrogens is 4. The van der Waals surface area contributed by atoms with Crippen LogP contribution in [0.5, 0.6) is 5.75 Å². The minimum atomic E-state index is -1.29. The smallest absolute Gasteiger partial charge is 0.336 e. The van der Waals surface area contributed by atoms with Crippen molar-refractivity contribution in [2.45, 2.75) is 85.9 Å². The summed E-state index contributed by atoms with van der Waals surface area (Å²) < 4.78 is 18.2. The molecule has 3 aromatic heterocycles. The Kier molecular flexibility index (Phi) is 11.2. The van der Waals surface area contributed by atoms with Crippen LogP contribution >= 0.6 is 23.2 Å². The molecule has 0 unspecified atom stereocenters. The second kappa shape index (κ2) is 15.7. The number of fused-ring (bicyclic) bond motifs is 4. The normalized spacial score (nSPS) is 14.6. The van der Waals surface area contributed by atoms with Gasteiger partial charge in [0.05, 0.1) is 33.9 Å². The first-order valence-electron chi connectivity index (χ1n) is 19.5. The number of anilines is 1. The maximum absolute atomic E-state index is 15.2. The lowest BCUT2D eigenvalue weighted by Crippen LogP contribution is -2.42. The van der Waals surface area contributed by atoms with Crippen molar-refractivity contribution in [2.24, 2.45) is 7.05 Å². The number of benzene rings is 3. The van der Waals surface area contributed by atoms with Crippen LogP contribution in [0.2, 0.25) is 35.7 Å². The SMILES string of the molecule is Cc1cc(OCCCc2c3n(c4c(-c5c(C)nn(C)c5C)c(Cl)ccc24)[C@H](C)CN(c2cc(C(=O)O)c4ccn(COCC[Si](C)(C)C)c4c2)C3=O)cc(C)c1Cl. The highest BCUT2D eigenvalue weighted by Gasteiger charge is 2.37. The third-order valence-electron chi connectivity index (χ3n) is 11.2. The Labute approximate surface area is 344 Å². The molecule has 57 heavy (non-hydrogen) atoms. The molecule has 0 bridgehead atoms. The Hall–Kier alpha value is -4.55. The van der Waals surface area contributed by atoms with Crippen LogP contribution in [0.1, 0.15) is 68.3 Å². The van der Waals surface area contributed by atoms with Gasteiger partial charge in [-0.3, -0.25) is 9.48 Å². The third kappa shape index (κ3) is 7.62. The number of carboxylic acid groups (broad SMARTS) is 1. The van der Waals surface area contributed by atoms with Gasteiger partial charge < -0.3 is 28.6 Å². The van der Waals surface area contributed by atoms with E-state index in [0.717, 1.165) is 66.9 Å². The molecule has 10 nitrogen and oxygen atoms in total. The minimum absolute atomic E-state index is 0.136. The molecule has 1 aliphatic rings. The summed E-state index contributed by atoms with van der Waals surface area (Å²) in [7, 11) is 0.628.